The van der Waals surface area contributed by atoms with E-state index in [2.05, 4.69) is 29.5 Å². The minimum absolute atomic E-state index is 0.0516. The number of carbonyl (C=O) groups excluding carboxylic acids is 1. The third-order valence-corrected chi connectivity index (χ3v) is 3.35. The van der Waals surface area contributed by atoms with Gasteiger partial charge < -0.3 is 5.32 Å². The highest BCUT2D eigenvalue weighted by Gasteiger charge is 2.42. The van der Waals surface area contributed by atoms with Crippen molar-refractivity contribution >= 4 is 11.9 Å². The maximum atomic E-state index is 12.2. The fourth-order valence-electron chi connectivity index (χ4n) is 2.23. The molecular weight excluding hydrogens is 238 g/mol. The van der Waals surface area contributed by atoms with Crippen LogP contribution in [-0.4, -0.2) is 18.4 Å². The van der Waals surface area contributed by atoms with Gasteiger partial charge in [0.2, 0.25) is 0 Å². The van der Waals surface area contributed by atoms with E-state index in [1.807, 2.05) is 38.1 Å². The van der Waals surface area contributed by atoms with Crippen LogP contribution in [0.2, 0.25) is 0 Å². The molecule has 1 aliphatic heterocycles. The van der Waals surface area contributed by atoms with E-state index in [1.165, 1.54) is 0 Å². The molecule has 1 aliphatic rings. The standard InChI is InChI=1S/C15H21N3O/c1-10(2)9-16-14-17-13(19)15(4,18-14)12-8-6-5-7-11(12)3/h5-8,10H,9H2,1-4H3,(H2,16,17,18,19). The molecule has 1 heterocycles. The quantitative estimate of drug-likeness (QED) is 0.871. The first-order valence-corrected chi connectivity index (χ1v) is 6.63. The number of amides is 1. The average Bonchev–Trinajstić information content (AvgIpc) is 2.64. The molecule has 4 nitrogen and oxygen atoms in total. The minimum Gasteiger partial charge on any atom is -0.338 e. The van der Waals surface area contributed by atoms with E-state index in [0.29, 0.717) is 18.4 Å². The zero-order valence-electron chi connectivity index (χ0n) is 11.9. The molecule has 2 rings (SSSR count). The molecule has 0 saturated carbocycles. The average molecular weight is 259 g/mol. The number of nitrogens with one attached hydrogen (secondary N) is 2. The lowest BCUT2D eigenvalue weighted by molar-refractivity contribution is -0.123. The van der Waals surface area contributed by atoms with Crippen LogP contribution in [0.1, 0.15) is 31.9 Å². The number of hydrogen-bond donors (Lipinski definition) is 2. The van der Waals surface area contributed by atoms with Gasteiger partial charge in [0, 0.05) is 6.54 Å². The lowest BCUT2D eigenvalue weighted by Crippen LogP contribution is -2.41. The van der Waals surface area contributed by atoms with Gasteiger partial charge in [0.1, 0.15) is 5.54 Å². The number of aryl methyl sites for hydroxylation is 1. The van der Waals surface area contributed by atoms with Crippen LogP contribution < -0.4 is 10.6 Å². The van der Waals surface area contributed by atoms with Gasteiger partial charge >= 0.3 is 0 Å². The molecule has 0 aliphatic carbocycles. The predicted molar refractivity (Wildman–Crippen MR) is 76.9 cm³/mol. The summed E-state index contributed by atoms with van der Waals surface area (Å²) in [4.78, 5) is 16.6. The van der Waals surface area contributed by atoms with Crippen molar-refractivity contribution in [1.82, 2.24) is 10.6 Å². The van der Waals surface area contributed by atoms with Gasteiger partial charge in [-0.05, 0) is 30.9 Å². The van der Waals surface area contributed by atoms with Gasteiger partial charge in [0.15, 0.2) is 5.96 Å². The van der Waals surface area contributed by atoms with Crippen LogP contribution >= 0.6 is 0 Å². The van der Waals surface area contributed by atoms with Crippen LogP contribution in [-0.2, 0) is 10.3 Å². The maximum absolute atomic E-state index is 12.2. The van der Waals surface area contributed by atoms with Crippen LogP contribution in [0.4, 0.5) is 0 Å². The Morgan fingerprint density at radius 2 is 2.00 bits per heavy atom. The van der Waals surface area contributed by atoms with E-state index in [0.717, 1.165) is 11.1 Å². The molecule has 1 aromatic rings. The number of carbonyl (C=O) groups is 1. The van der Waals surface area contributed by atoms with Crippen molar-refractivity contribution in [2.24, 2.45) is 10.9 Å². The second-order valence-electron chi connectivity index (χ2n) is 5.60. The van der Waals surface area contributed by atoms with E-state index < -0.39 is 5.54 Å². The molecule has 102 valence electrons. The van der Waals surface area contributed by atoms with Crippen molar-refractivity contribution < 1.29 is 4.79 Å². The van der Waals surface area contributed by atoms with Crippen molar-refractivity contribution in [3.05, 3.63) is 35.4 Å². The van der Waals surface area contributed by atoms with Crippen molar-refractivity contribution in [2.45, 2.75) is 33.2 Å². The highest BCUT2D eigenvalue weighted by Crippen LogP contribution is 2.26. The summed E-state index contributed by atoms with van der Waals surface area (Å²) in [6.07, 6.45) is 0. The Labute approximate surface area is 114 Å². The molecule has 0 aromatic heterocycles. The smallest absolute Gasteiger partial charge is 0.256 e. The molecule has 0 spiro atoms. The zero-order chi connectivity index (χ0) is 14.0. The first kappa shape index (κ1) is 13.6. The number of hydrogen-bond acceptors (Lipinski definition) is 2. The number of guanidine groups is 1. The van der Waals surface area contributed by atoms with Gasteiger partial charge in [-0.15, -0.1) is 0 Å². The largest absolute Gasteiger partial charge is 0.338 e. The van der Waals surface area contributed by atoms with E-state index in [9.17, 15) is 4.79 Å². The van der Waals surface area contributed by atoms with Gasteiger partial charge in [-0.2, -0.15) is 0 Å². The lowest BCUT2D eigenvalue weighted by atomic mass is 9.89. The third kappa shape index (κ3) is 2.62. The Bertz CT molecular complexity index is 522. The second-order valence-corrected chi connectivity index (χ2v) is 5.60. The summed E-state index contributed by atoms with van der Waals surface area (Å²) in [5, 5.41) is 6.04. The Hall–Kier alpha value is -1.84. The van der Waals surface area contributed by atoms with Crippen molar-refractivity contribution in [3.63, 3.8) is 0 Å². The van der Waals surface area contributed by atoms with E-state index >= 15 is 0 Å². The molecule has 1 saturated heterocycles. The molecule has 1 fully saturated rings. The first-order valence-electron chi connectivity index (χ1n) is 6.63. The predicted octanol–water partition coefficient (Wildman–Crippen LogP) is 1.94. The number of aliphatic imine (C=N–C) groups is 1. The minimum atomic E-state index is -0.735. The molecule has 2 N–H and O–H groups in total. The highest BCUT2D eigenvalue weighted by molar-refractivity contribution is 6.09. The van der Waals surface area contributed by atoms with Gasteiger partial charge in [0.25, 0.3) is 5.91 Å². The second kappa shape index (κ2) is 5.03. The zero-order valence-corrected chi connectivity index (χ0v) is 11.9. The molecule has 0 radical (unpaired) electrons. The summed E-state index contributed by atoms with van der Waals surface area (Å²) < 4.78 is 0. The van der Waals surface area contributed by atoms with E-state index in [-0.39, 0.29) is 5.91 Å². The molecule has 19 heavy (non-hydrogen) atoms. The Kier molecular flexibility index (Phi) is 3.60. The molecule has 1 unspecified atom stereocenters. The summed E-state index contributed by atoms with van der Waals surface area (Å²) in [5.74, 6) is 0.991. The molecule has 4 heteroatoms. The van der Waals surface area contributed by atoms with Gasteiger partial charge in [-0.3, -0.25) is 15.1 Å². The Morgan fingerprint density at radius 3 is 2.63 bits per heavy atom. The van der Waals surface area contributed by atoms with E-state index in [1.54, 1.807) is 0 Å². The summed E-state index contributed by atoms with van der Waals surface area (Å²) in [6, 6.07) is 7.92. The van der Waals surface area contributed by atoms with Crippen LogP contribution in [0.25, 0.3) is 0 Å². The normalized spacial score (nSPS) is 24.7. The monoisotopic (exact) mass is 259 g/mol. The first-order chi connectivity index (χ1) is 8.93. The Balaban J connectivity index is 2.28. The van der Waals surface area contributed by atoms with Crippen LogP contribution in [0.3, 0.4) is 0 Å². The number of nitrogens with zero attached hydrogens (tertiary/aromatic N) is 1. The van der Waals surface area contributed by atoms with Gasteiger partial charge in [0.05, 0.1) is 0 Å². The van der Waals surface area contributed by atoms with Crippen LogP contribution in [0.15, 0.2) is 29.3 Å². The van der Waals surface area contributed by atoms with Crippen LogP contribution in [0.5, 0.6) is 0 Å². The SMILES string of the molecule is Cc1ccccc1C1(C)NC(=NCC(C)C)NC1=O. The molecular formula is C15H21N3O. The summed E-state index contributed by atoms with van der Waals surface area (Å²) in [5.41, 5.74) is 1.35. The molecule has 1 aromatic carbocycles. The van der Waals surface area contributed by atoms with E-state index in [4.69, 9.17) is 0 Å². The van der Waals surface area contributed by atoms with Gasteiger partial charge in [-0.25, -0.2) is 0 Å². The fraction of sp³-hybridized carbons (Fsp3) is 0.467. The van der Waals surface area contributed by atoms with Gasteiger partial charge in [-0.1, -0.05) is 38.1 Å². The van der Waals surface area contributed by atoms with Crippen molar-refractivity contribution in [2.75, 3.05) is 6.54 Å². The molecule has 0 bridgehead atoms. The third-order valence-electron chi connectivity index (χ3n) is 3.35. The maximum Gasteiger partial charge on any atom is 0.256 e. The molecule has 1 atom stereocenters. The van der Waals surface area contributed by atoms with Crippen molar-refractivity contribution in [3.8, 4) is 0 Å². The summed E-state index contributed by atoms with van der Waals surface area (Å²) in [6.45, 7) is 8.80. The Morgan fingerprint density at radius 1 is 1.32 bits per heavy atom. The number of rotatable bonds is 3. The lowest BCUT2D eigenvalue weighted by Gasteiger charge is -2.23. The molecule has 1 amide bonds. The van der Waals surface area contributed by atoms with Crippen molar-refractivity contribution in [1.29, 1.82) is 0 Å². The summed E-state index contributed by atoms with van der Waals surface area (Å²) in [7, 11) is 0. The van der Waals surface area contributed by atoms with Crippen LogP contribution in [0, 0.1) is 12.8 Å². The summed E-state index contributed by atoms with van der Waals surface area (Å²) >= 11 is 0. The highest BCUT2D eigenvalue weighted by atomic mass is 16.2. The fourth-order valence-corrected chi connectivity index (χ4v) is 2.23. The number of benzene rings is 1. The topological polar surface area (TPSA) is 53.5 Å².